The highest BCUT2D eigenvalue weighted by molar-refractivity contribution is 6.29. The van der Waals surface area contributed by atoms with Crippen LogP contribution in [0.4, 0.5) is 0 Å². The van der Waals surface area contributed by atoms with Crippen LogP contribution >= 0.6 is 11.6 Å². The zero-order valence-electron chi connectivity index (χ0n) is 8.19. The zero-order chi connectivity index (χ0) is 9.56. The highest BCUT2D eigenvalue weighted by atomic mass is 35.5. The second-order valence-corrected chi connectivity index (χ2v) is 3.42. The SMILES string of the molecule is CC/C(=C\C=C(/C)Cl)N=C(C)C. The van der Waals surface area contributed by atoms with Gasteiger partial charge in [-0.2, -0.15) is 0 Å². The van der Waals surface area contributed by atoms with Gasteiger partial charge in [-0.3, -0.25) is 4.99 Å². The molecule has 0 amide bonds. The van der Waals surface area contributed by atoms with E-state index in [-0.39, 0.29) is 0 Å². The first-order valence-corrected chi connectivity index (χ1v) is 4.49. The van der Waals surface area contributed by atoms with Crippen LogP contribution in [0.5, 0.6) is 0 Å². The Labute approximate surface area is 79.8 Å². The first-order chi connectivity index (χ1) is 5.56. The Bertz CT molecular complexity index is 216. The number of rotatable bonds is 3. The van der Waals surface area contributed by atoms with Crippen LogP contribution < -0.4 is 0 Å². The lowest BCUT2D eigenvalue weighted by Crippen LogP contribution is -1.83. The van der Waals surface area contributed by atoms with E-state index in [9.17, 15) is 0 Å². The first-order valence-electron chi connectivity index (χ1n) is 4.11. The first kappa shape index (κ1) is 11.4. The molecule has 0 rings (SSSR count). The monoisotopic (exact) mass is 185 g/mol. The number of halogens is 1. The fourth-order valence-electron chi connectivity index (χ4n) is 0.732. The molecular weight excluding hydrogens is 170 g/mol. The Morgan fingerprint density at radius 1 is 1.25 bits per heavy atom. The average Bonchev–Trinajstić information content (AvgIpc) is 1.97. The summed E-state index contributed by atoms with van der Waals surface area (Å²) >= 11 is 5.68. The van der Waals surface area contributed by atoms with Gasteiger partial charge < -0.3 is 0 Å². The van der Waals surface area contributed by atoms with Crippen LogP contribution in [0.3, 0.4) is 0 Å². The lowest BCUT2D eigenvalue weighted by atomic mass is 10.3. The van der Waals surface area contributed by atoms with Gasteiger partial charge in [-0.15, -0.1) is 0 Å². The van der Waals surface area contributed by atoms with E-state index in [1.165, 1.54) is 0 Å². The van der Waals surface area contributed by atoms with Crippen LogP contribution in [0.2, 0.25) is 0 Å². The van der Waals surface area contributed by atoms with E-state index in [0.717, 1.165) is 22.9 Å². The van der Waals surface area contributed by atoms with Crippen LogP contribution in [0.15, 0.2) is 27.9 Å². The minimum atomic E-state index is 0.782. The fraction of sp³-hybridized carbons (Fsp3) is 0.500. The van der Waals surface area contributed by atoms with Gasteiger partial charge in [-0.25, -0.2) is 0 Å². The topological polar surface area (TPSA) is 12.4 Å². The molecule has 0 aliphatic carbocycles. The van der Waals surface area contributed by atoms with Crippen molar-refractivity contribution in [3.05, 3.63) is 22.9 Å². The standard InChI is InChI=1S/C10H16ClN/c1-5-10(12-8(2)3)7-6-9(4)11/h6-7H,5H2,1-4H3/b9-6+,10-7+. The van der Waals surface area contributed by atoms with E-state index in [0.29, 0.717) is 0 Å². The van der Waals surface area contributed by atoms with Gasteiger partial charge in [0, 0.05) is 16.4 Å². The Morgan fingerprint density at radius 3 is 2.17 bits per heavy atom. The molecule has 0 aliphatic rings. The molecule has 0 aliphatic heterocycles. The third-order valence-electron chi connectivity index (χ3n) is 1.23. The third-order valence-corrected chi connectivity index (χ3v) is 1.36. The van der Waals surface area contributed by atoms with Crippen molar-refractivity contribution in [3.8, 4) is 0 Å². The van der Waals surface area contributed by atoms with Gasteiger partial charge in [-0.05, 0) is 39.3 Å². The van der Waals surface area contributed by atoms with Gasteiger partial charge in [0.15, 0.2) is 0 Å². The van der Waals surface area contributed by atoms with Crippen LogP contribution in [0.25, 0.3) is 0 Å². The largest absolute Gasteiger partial charge is 0.263 e. The Morgan fingerprint density at radius 2 is 1.83 bits per heavy atom. The summed E-state index contributed by atoms with van der Waals surface area (Å²) in [6.07, 6.45) is 4.76. The van der Waals surface area contributed by atoms with Crippen molar-refractivity contribution < 1.29 is 0 Å². The molecule has 0 fully saturated rings. The summed E-state index contributed by atoms with van der Waals surface area (Å²) in [5.74, 6) is 0. The summed E-state index contributed by atoms with van der Waals surface area (Å²) in [6, 6.07) is 0. The normalized spacial score (nSPS) is 13.1. The molecule has 0 saturated heterocycles. The van der Waals surface area contributed by atoms with Crippen molar-refractivity contribution in [2.75, 3.05) is 0 Å². The summed E-state index contributed by atoms with van der Waals surface area (Å²) in [7, 11) is 0. The molecule has 0 aromatic rings. The van der Waals surface area contributed by atoms with E-state index in [1.807, 2.05) is 32.9 Å². The third kappa shape index (κ3) is 6.17. The molecule has 0 bridgehead atoms. The smallest absolute Gasteiger partial charge is 0.0400 e. The number of hydrogen-bond donors (Lipinski definition) is 0. The van der Waals surface area contributed by atoms with Crippen LogP contribution in [0, 0.1) is 0 Å². The van der Waals surface area contributed by atoms with Crippen molar-refractivity contribution in [1.29, 1.82) is 0 Å². The summed E-state index contributed by atoms with van der Waals surface area (Å²) in [4.78, 5) is 4.34. The molecule has 2 heteroatoms. The molecule has 0 aromatic heterocycles. The lowest BCUT2D eigenvalue weighted by Gasteiger charge is -1.95. The maximum atomic E-state index is 5.68. The Kier molecular flexibility index (Phi) is 5.73. The summed E-state index contributed by atoms with van der Waals surface area (Å²) < 4.78 is 0. The maximum absolute atomic E-state index is 5.68. The minimum absolute atomic E-state index is 0.782. The summed E-state index contributed by atoms with van der Waals surface area (Å²) in [5, 5.41) is 0.782. The van der Waals surface area contributed by atoms with Crippen molar-refractivity contribution >= 4 is 17.3 Å². The van der Waals surface area contributed by atoms with E-state index >= 15 is 0 Å². The lowest BCUT2D eigenvalue weighted by molar-refractivity contribution is 1.06. The molecule has 0 heterocycles. The number of hydrogen-bond acceptors (Lipinski definition) is 1. The second kappa shape index (κ2) is 6.01. The highest BCUT2D eigenvalue weighted by Gasteiger charge is 1.88. The van der Waals surface area contributed by atoms with Gasteiger partial charge in [0.1, 0.15) is 0 Å². The number of nitrogens with zero attached hydrogens (tertiary/aromatic N) is 1. The number of allylic oxidation sites excluding steroid dienone is 4. The van der Waals surface area contributed by atoms with Crippen molar-refractivity contribution in [2.45, 2.75) is 34.1 Å². The highest BCUT2D eigenvalue weighted by Crippen LogP contribution is 2.06. The molecule has 0 spiro atoms. The zero-order valence-corrected chi connectivity index (χ0v) is 8.94. The molecule has 0 saturated carbocycles. The molecule has 1 nitrogen and oxygen atoms in total. The van der Waals surface area contributed by atoms with Crippen LogP contribution in [-0.4, -0.2) is 5.71 Å². The predicted octanol–water partition coefficient (Wildman–Crippen LogP) is 3.90. The molecule has 0 unspecified atom stereocenters. The maximum Gasteiger partial charge on any atom is 0.0400 e. The molecule has 0 radical (unpaired) electrons. The van der Waals surface area contributed by atoms with Gasteiger partial charge in [0.25, 0.3) is 0 Å². The number of aliphatic imine (C=N–C) groups is 1. The van der Waals surface area contributed by atoms with Crippen molar-refractivity contribution in [2.24, 2.45) is 4.99 Å². The van der Waals surface area contributed by atoms with E-state index in [2.05, 4.69) is 11.9 Å². The Balaban J connectivity index is 4.45. The predicted molar refractivity (Wildman–Crippen MR) is 56.8 cm³/mol. The van der Waals surface area contributed by atoms with Crippen LogP contribution in [-0.2, 0) is 0 Å². The van der Waals surface area contributed by atoms with Crippen molar-refractivity contribution in [3.63, 3.8) is 0 Å². The molecule has 0 atom stereocenters. The molecule has 12 heavy (non-hydrogen) atoms. The van der Waals surface area contributed by atoms with E-state index in [4.69, 9.17) is 11.6 Å². The quantitative estimate of drug-likeness (QED) is 0.467. The van der Waals surface area contributed by atoms with E-state index in [1.54, 1.807) is 0 Å². The Hall–Kier alpha value is -0.560. The second-order valence-electron chi connectivity index (χ2n) is 2.82. The van der Waals surface area contributed by atoms with Gasteiger partial charge in [0.2, 0.25) is 0 Å². The van der Waals surface area contributed by atoms with E-state index < -0.39 is 0 Å². The molecule has 0 aromatic carbocycles. The fourth-order valence-corrected chi connectivity index (χ4v) is 0.795. The summed E-state index contributed by atoms with van der Waals surface area (Å²) in [6.45, 7) is 7.91. The van der Waals surface area contributed by atoms with Crippen LogP contribution in [0.1, 0.15) is 34.1 Å². The van der Waals surface area contributed by atoms with Gasteiger partial charge in [0.05, 0.1) is 0 Å². The van der Waals surface area contributed by atoms with Gasteiger partial charge >= 0.3 is 0 Å². The minimum Gasteiger partial charge on any atom is -0.263 e. The average molecular weight is 186 g/mol. The molecule has 0 N–H and O–H groups in total. The van der Waals surface area contributed by atoms with Crippen molar-refractivity contribution in [1.82, 2.24) is 0 Å². The summed E-state index contributed by atoms with van der Waals surface area (Å²) in [5.41, 5.74) is 2.14. The molecule has 68 valence electrons. The molecular formula is C10H16ClN. The van der Waals surface area contributed by atoms with Gasteiger partial charge in [-0.1, -0.05) is 18.5 Å².